The molecule has 0 N–H and O–H groups in total. The zero-order chi connectivity index (χ0) is 11.3. The topological polar surface area (TPSA) is 3.24 Å². The van der Waals surface area contributed by atoms with Gasteiger partial charge in [-0.05, 0) is 36.1 Å². The van der Waals surface area contributed by atoms with Crippen LogP contribution < -0.4 is 4.90 Å². The molecule has 0 amide bonds. The van der Waals surface area contributed by atoms with Crippen LogP contribution in [0.4, 0.5) is 5.69 Å². The van der Waals surface area contributed by atoms with Gasteiger partial charge < -0.3 is 4.90 Å². The summed E-state index contributed by atoms with van der Waals surface area (Å²) in [5.41, 5.74) is 4.06. The van der Waals surface area contributed by atoms with Crippen molar-refractivity contribution in [3.8, 4) is 0 Å². The Kier molecular flexibility index (Phi) is 4.41. The first-order chi connectivity index (χ1) is 7.19. The number of benzene rings is 1. The lowest BCUT2D eigenvalue weighted by Crippen LogP contribution is -2.08. The molecule has 0 radical (unpaired) electrons. The van der Waals surface area contributed by atoms with Gasteiger partial charge in [0, 0.05) is 19.8 Å². The maximum absolute atomic E-state index is 2.31. The van der Waals surface area contributed by atoms with Gasteiger partial charge in [0.1, 0.15) is 0 Å². The van der Waals surface area contributed by atoms with Crippen LogP contribution in [0.5, 0.6) is 0 Å². The van der Waals surface area contributed by atoms with E-state index in [0.29, 0.717) is 0 Å². The Morgan fingerprint density at radius 3 is 2.53 bits per heavy atom. The first-order valence-corrected chi connectivity index (χ1v) is 5.65. The van der Waals surface area contributed by atoms with Crippen molar-refractivity contribution in [1.82, 2.24) is 0 Å². The quantitative estimate of drug-likeness (QED) is 0.716. The third-order valence-electron chi connectivity index (χ3n) is 2.56. The molecule has 0 spiro atoms. The molecule has 0 saturated heterocycles. The van der Waals surface area contributed by atoms with Gasteiger partial charge >= 0.3 is 0 Å². The first-order valence-electron chi connectivity index (χ1n) is 5.65. The molecule has 0 heterocycles. The Morgan fingerprint density at radius 1 is 1.27 bits per heavy atom. The van der Waals surface area contributed by atoms with Crippen LogP contribution >= 0.6 is 0 Å². The normalized spacial score (nSPS) is 11.6. The van der Waals surface area contributed by atoms with E-state index in [1.807, 2.05) is 0 Å². The second-order valence-corrected chi connectivity index (χ2v) is 3.94. The fourth-order valence-corrected chi connectivity index (χ4v) is 1.70. The molecule has 1 aromatic carbocycles. The SMILES string of the molecule is CC/C=C(\CC)c1cccc(N(C)C)c1. The fourth-order valence-electron chi connectivity index (χ4n) is 1.70. The van der Waals surface area contributed by atoms with Crippen LogP contribution in [0.3, 0.4) is 0 Å². The van der Waals surface area contributed by atoms with E-state index in [4.69, 9.17) is 0 Å². The summed E-state index contributed by atoms with van der Waals surface area (Å²) in [6.45, 7) is 4.40. The summed E-state index contributed by atoms with van der Waals surface area (Å²) in [7, 11) is 4.16. The van der Waals surface area contributed by atoms with Crippen molar-refractivity contribution in [2.45, 2.75) is 26.7 Å². The molecule has 1 nitrogen and oxygen atoms in total. The van der Waals surface area contributed by atoms with Gasteiger partial charge in [0.15, 0.2) is 0 Å². The summed E-state index contributed by atoms with van der Waals surface area (Å²) in [6, 6.07) is 8.72. The monoisotopic (exact) mass is 203 g/mol. The minimum atomic E-state index is 1.10. The summed E-state index contributed by atoms with van der Waals surface area (Å²) >= 11 is 0. The van der Waals surface area contributed by atoms with Gasteiger partial charge in [-0.1, -0.05) is 32.1 Å². The summed E-state index contributed by atoms with van der Waals surface area (Å²) in [6.07, 6.45) is 4.52. The molecule has 0 fully saturated rings. The predicted molar refractivity (Wildman–Crippen MR) is 69.3 cm³/mol. The van der Waals surface area contributed by atoms with Crippen LogP contribution in [-0.4, -0.2) is 14.1 Å². The smallest absolute Gasteiger partial charge is 0.0367 e. The number of hydrogen-bond acceptors (Lipinski definition) is 1. The van der Waals surface area contributed by atoms with Gasteiger partial charge in [-0.2, -0.15) is 0 Å². The minimum Gasteiger partial charge on any atom is -0.378 e. The maximum atomic E-state index is 2.31. The number of allylic oxidation sites excluding steroid dienone is 2. The third-order valence-corrected chi connectivity index (χ3v) is 2.56. The molecule has 0 saturated carbocycles. The molecule has 1 rings (SSSR count). The highest BCUT2D eigenvalue weighted by molar-refractivity contribution is 5.68. The van der Waals surface area contributed by atoms with Gasteiger partial charge in [-0.25, -0.2) is 0 Å². The highest BCUT2D eigenvalue weighted by Crippen LogP contribution is 2.22. The molecule has 0 bridgehead atoms. The number of rotatable bonds is 4. The Morgan fingerprint density at radius 2 is 2.00 bits per heavy atom. The Hall–Kier alpha value is -1.24. The standard InChI is InChI=1S/C14H21N/c1-5-8-12(6-2)13-9-7-10-14(11-13)15(3)4/h7-11H,5-6H2,1-4H3/b12-8+. The molecule has 0 atom stereocenters. The molecule has 82 valence electrons. The van der Waals surface area contributed by atoms with Gasteiger partial charge in [0.25, 0.3) is 0 Å². The van der Waals surface area contributed by atoms with E-state index in [9.17, 15) is 0 Å². The molecule has 1 heteroatoms. The minimum absolute atomic E-state index is 1.10. The molecule has 1 aromatic rings. The van der Waals surface area contributed by atoms with Crippen LogP contribution in [-0.2, 0) is 0 Å². The van der Waals surface area contributed by atoms with Crippen molar-refractivity contribution in [1.29, 1.82) is 0 Å². The summed E-state index contributed by atoms with van der Waals surface area (Å²) in [5.74, 6) is 0. The predicted octanol–water partition coefficient (Wildman–Crippen LogP) is 3.96. The lowest BCUT2D eigenvalue weighted by Gasteiger charge is -2.14. The summed E-state index contributed by atoms with van der Waals surface area (Å²) in [4.78, 5) is 2.14. The van der Waals surface area contributed by atoms with Crippen LogP contribution in [0, 0.1) is 0 Å². The molecule has 0 unspecified atom stereocenters. The highest BCUT2D eigenvalue weighted by atomic mass is 15.1. The lowest BCUT2D eigenvalue weighted by molar-refractivity contribution is 1.12. The van der Waals surface area contributed by atoms with Crippen LogP contribution in [0.25, 0.3) is 5.57 Å². The second kappa shape index (κ2) is 5.59. The molecule has 0 aliphatic heterocycles. The average molecular weight is 203 g/mol. The molecular formula is C14H21N. The molecule has 0 aliphatic rings. The molecular weight excluding hydrogens is 182 g/mol. The highest BCUT2D eigenvalue weighted by Gasteiger charge is 2.01. The van der Waals surface area contributed by atoms with Gasteiger partial charge in [-0.3, -0.25) is 0 Å². The van der Waals surface area contributed by atoms with Crippen molar-refractivity contribution in [2.24, 2.45) is 0 Å². The lowest BCUT2D eigenvalue weighted by atomic mass is 10.0. The average Bonchev–Trinajstić information content (AvgIpc) is 2.26. The number of hydrogen-bond donors (Lipinski definition) is 0. The van der Waals surface area contributed by atoms with E-state index in [1.54, 1.807) is 0 Å². The van der Waals surface area contributed by atoms with E-state index in [2.05, 4.69) is 63.2 Å². The Balaban J connectivity index is 3.03. The van der Waals surface area contributed by atoms with Gasteiger partial charge in [0.05, 0.1) is 0 Å². The Labute approximate surface area is 93.4 Å². The van der Waals surface area contributed by atoms with E-state index >= 15 is 0 Å². The van der Waals surface area contributed by atoms with Crippen molar-refractivity contribution < 1.29 is 0 Å². The van der Waals surface area contributed by atoms with Gasteiger partial charge in [-0.15, -0.1) is 0 Å². The van der Waals surface area contributed by atoms with Crippen molar-refractivity contribution in [2.75, 3.05) is 19.0 Å². The summed E-state index contributed by atoms with van der Waals surface area (Å²) in [5, 5.41) is 0. The van der Waals surface area contributed by atoms with Crippen LogP contribution in [0.1, 0.15) is 32.3 Å². The molecule has 0 aliphatic carbocycles. The van der Waals surface area contributed by atoms with E-state index in [-0.39, 0.29) is 0 Å². The summed E-state index contributed by atoms with van der Waals surface area (Å²) < 4.78 is 0. The third kappa shape index (κ3) is 3.12. The first kappa shape index (κ1) is 11.8. The Bertz CT molecular complexity index is 337. The molecule has 0 aromatic heterocycles. The zero-order valence-corrected chi connectivity index (χ0v) is 10.2. The largest absolute Gasteiger partial charge is 0.378 e. The fraction of sp³-hybridized carbons (Fsp3) is 0.429. The number of anilines is 1. The van der Waals surface area contributed by atoms with E-state index in [1.165, 1.54) is 16.8 Å². The molecule has 15 heavy (non-hydrogen) atoms. The second-order valence-electron chi connectivity index (χ2n) is 3.94. The maximum Gasteiger partial charge on any atom is 0.0367 e. The van der Waals surface area contributed by atoms with Gasteiger partial charge in [0.2, 0.25) is 0 Å². The number of nitrogens with zero attached hydrogens (tertiary/aromatic N) is 1. The van der Waals surface area contributed by atoms with E-state index < -0.39 is 0 Å². The van der Waals surface area contributed by atoms with Crippen LogP contribution in [0.15, 0.2) is 30.3 Å². The zero-order valence-electron chi connectivity index (χ0n) is 10.2. The van der Waals surface area contributed by atoms with E-state index in [0.717, 1.165) is 12.8 Å². The van der Waals surface area contributed by atoms with Crippen molar-refractivity contribution in [3.63, 3.8) is 0 Å². The van der Waals surface area contributed by atoms with Crippen molar-refractivity contribution in [3.05, 3.63) is 35.9 Å². The van der Waals surface area contributed by atoms with Crippen LogP contribution in [0.2, 0.25) is 0 Å². The van der Waals surface area contributed by atoms with Crippen molar-refractivity contribution >= 4 is 11.3 Å².